The molecule has 8 nitrogen and oxygen atoms in total. The first-order valence-electron chi connectivity index (χ1n) is 8.80. The first-order valence-corrected chi connectivity index (χ1v) is 8.80. The average molecular weight is 370 g/mol. The minimum Gasteiger partial charge on any atom is -0.508 e. The lowest BCUT2D eigenvalue weighted by Crippen LogP contribution is -2.10. The number of benzene rings is 1. The van der Waals surface area contributed by atoms with Crippen LogP contribution in [0, 0.1) is 6.92 Å². The van der Waals surface area contributed by atoms with Crippen LogP contribution in [0.5, 0.6) is 11.5 Å². The molecule has 0 saturated carbocycles. The second kappa shape index (κ2) is 7.94. The standard InChI is InChI=1S/C19H22N4O4/c1-4-6-14-16(27-19(25)26-5-2)10-23-17(14)18(20-11-21-23)22-13-8-7-12(3)15(24)9-13/h7-11,24H,4-6H2,1-3H3,(H,20,21,22). The van der Waals surface area contributed by atoms with E-state index in [4.69, 9.17) is 9.47 Å². The molecule has 0 atom stereocenters. The van der Waals surface area contributed by atoms with E-state index in [9.17, 15) is 9.90 Å². The number of carbonyl (C=O) groups excluding carboxylic acids is 1. The van der Waals surface area contributed by atoms with Crippen molar-refractivity contribution in [2.24, 2.45) is 0 Å². The zero-order valence-corrected chi connectivity index (χ0v) is 15.5. The number of carbonyl (C=O) groups is 1. The smallest absolute Gasteiger partial charge is 0.508 e. The fourth-order valence-electron chi connectivity index (χ4n) is 2.78. The molecule has 0 aliphatic carbocycles. The molecule has 0 radical (unpaired) electrons. The highest BCUT2D eigenvalue weighted by Gasteiger charge is 2.19. The van der Waals surface area contributed by atoms with Crippen molar-refractivity contribution < 1.29 is 19.4 Å². The SMILES string of the molecule is CCCc1c(OC(=O)OCC)cn2ncnc(Nc3ccc(C)c(O)c3)c12. The molecule has 0 fully saturated rings. The molecule has 1 aromatic carbocycles. The largest absolute Gasteiger partial charge is 0.513 e. The lowest BCUT2D eigenvalue weighted by Gasteiger charge is -2.10. The fraction of sp³-hybridized carbons (Fsp3) is 0.316. The summed E-state index contributed by atoms with van der Waals surface area (Å²) in [6.07, 6.45) is 3.81. The molecule has 0 saturated heterocycles. The third-order valence-corrected chi connectivity index (χ3v) is 4.07. The van der Waals surface area contributed by atoms with Crippen LogP contribution in [0.15, 0.2) is 30.7 Å². The molecule has 8 heteroatoms. The Hall–Kier alpha value is -3.29. The van der Waals surface area contributed by atoms with Gasteiger partial charge in [-0.2, -0.15) is 5.10 Å². The van der Waals surface area contributed by atoms with Gasteiger partial charge in [0.15, 0.2) is 11.6 Å². The molecule has 0 bridgehead atoms. The molecule has 2 aromatic heterocycles. The fourth-order valence-corrected chi connectivity index (χ4v) is 2.78. The van der Waals surface area contributed by atoms with E-state index in [-0.39, 0.29) is 12.4 Å². The Kier molecular flexibility index (Phi) is 5.44. The Bertz CT molecular complexity index is 968. The molecule has 3 aromatic rings. The van der Waals surface area contributed by atoms with Crippen LogP contribution in [0.2, 0.25) is 0 Å². The predicted molar refractivity (Wildman–Crippen MR) is 101 cm³/mol. The lowest BCUT2D eigenvalue weighted by atomic mass is 10.1. The highest BCUT2D eigenvalue weighted by molar-refractivity contribution is 5.80. The van der Waals surface area contributed by atoms with Crippen LogP contribution in [-0.2, 0) is 11.2 Å². The van der Waals surface area contributed by atoms with Crippen LogP contribution < -0.4 is 10.1 Å². The number of nitrogens with zero attached hydrogens (tertiary/aromatic N) is 3. The van der Waals surface area contributed by atoms with Crippen LogP contribution in [0.4, 0.5) is 16.3 Å². The summed E-state index contributed by atoms with van der Waals surface area (Å²) >= 11 is 0. The molecule has 3 rings (SSSR count). The predicted octanol–water partition coefficient (Wildman–Crippen LogP) is 3.97. The first-order chi connectivity index (χ1) is 13.0. The third kappa shape index (κ3) is 3.94. The number of anilines is 2. The van der Waals surface area contributed by atoms with Crippen LogP contribution in [0.1, 0.15) is 31.4 Å². The van der Waals surface area contributed by atoms with E-state index in [1.807, 2.05) is 26.0 Å². The third-order valence-electron chi connectivity index (χ3n) is 4.07. The van der Waals surface area contributed by atoms with Crippen LogP contribution >= 0.6 is 0 Å². The van der Waals surface area contributed by atoms with Crippen molar-refractivity contribution in [3.8, 4) is 11.5 Å². The number of hydrogen-bond acceptors (Lipinski definition) is 7. The molecule has 0 unspecified atom stereocenters. The first kappa shape index (κ1) is 18.5. The van der Waals surface area contributed by atoms with Gasteiger partial charge < -0.3 is 19.9 Å². The molecule has 0 spiro atoms. The zero-order chi connectivity index (χ0) is 19.4. The van der Waals surface area contributed by atoms with Crippen molar-refractivity contribution in [2.75, 3.05) is 11.9 Å². The summed E-state index contributed by atoms with van der Waals surface area (Å²) in [6, 6.07) is 5.30. The minimum atomic E-state index is -0.753. The van der Waals surface area contributed by atoms with Crippen molar-refractivity contribution in [1.82, 2.24) is 14.6 Å². The Morgan fingerprint density at radius 2 is 2.15 bits per heavy atom. The van der Waals surface area contributed by atoms with Gasteiger partial charge in [-0.25, -0.2) is 14.3 Å². The summed E-state index contributed by atoms with van der Waals surface area (Å²) in [6.45, 7) is 5.81. The van der Waals surface area contributed by atoms with Gasteiger partial charge in [0, 0.05) is 17.3 Å². The lowest BCUT2D eigenvalue weighted by molar-refractivity contribution is 0.104. The highest BCUT2D eigenvalue weighted by Crippen LogP contribution is 2.32. The minimum absolute atomic E-state index is 0.195. The van der Waals surface area contributed by atoms with E-state index < -0.39 is 6.16 Å². The second-order valence-corrected chi connectivity index (χ2v) is 6.04. The number of rotatable bonds is 6. The number of phenolic OH excluding ortho intramolecular Hbond substituents is 1. The number of aryl methyl sites for hydroxylation is 2. The van der Waals surface area contributed by atoms with E-state index in [2.05, 4.69) is 15.4 Å². The van der Waals surface area contributed by atoms with E-state index in [0.717, 1.165) is 17.5 Å². The number of aromatic hydroxyl groups is 1. The topological polar surface area (TPSA) is 98.0 Å². The average Bonchev–Trinajstić information content (AvgIpc) is 2.97. The van der Waals surface area contributed by atoms with Gasteiger partial charge in [-0.1, -0.05) is 19.4 Å². The molecular formula is C19H22N4O4. The van der Waals surface area contributed by atoms with E-state index >= 15 is 0 Å². The van der Waals surface area contributed by atoms with Gasteiger partial charge in [0.2, 0.25) is 0 Å². The van der Waals surface area contributed by atoms with E-state index in [1.165, 1.54) is 6.33 Å². The van der Waals surface area contributed by atoms with Gasteiger partial charge in [0.25, 0.3) is 0 Å². The molecule has 0 amide bonds. The van der Waals surface area contributed by atoms with Gasteiger partial charge in [0.1, 0.15) is 17.6 Å². The summed E-state index contributed by atoms with van der Waals surface area (Å²) in [7, 11) is 0. The van der Waals surface area contributed by atoms with Gasteiger partial charge in [-0.15, -0.1) is 0 Å². The van der Waals surface area contributed by atoms with Gasteiger partial charge in [0.05, 0.1) is 12.8 Å². The molecule has 2 heterocycles. The molecule has 27 heavy (non-hydrogen) atoms. The summed E-state index contributed by atoms with van der Waals surface area (Å²) in [5, 5.41) is 17.4. The maximum atomic E-state index is 11.8. The van der Waals surface area contributed by atoms with E-state index in [1.54, 1.807) is 23.7 Å². The summed E-state index contributed by atoms with van der Waals surface area (Å²) in [5.41, 5.74) is 2.99. The second-order valence-electron chi connectivity index (χ2n) is 6.04. The molecule has 142 valence electrons. The highest BCUT2D eigenvalue weighted by atomic mass is 16.7. The van der Waals surface area contributed by atoms with Crippen molar-refractivity contribution in [1.29, 1.82) is 0 Å². The van der Waals surface area contributed by atoms with Crippen LogP contribution in [0.3, 0.4) is 0 Å². The van der Waals surface area contributed by atoms with Crippen molar-refractivity contribution in [2.45, 2.75) is 33.6 Å². The van der Waals surface area contributed by atoms with Gasteiger partial charge in [-0.3, -0.25) is 0 Å². The van der Waals surface area contributed by atoms with Crippen molar-refractivity contribution in [3.63, 3.8) is 0 Å². The molecule has 2 N–H and O–H groups in total. The number of phenols is 1. The summed E-state index contributed by atoms with van der Waals surface area (Å²) < 4.78 is 11.8. The number of aromatic nitrogens is 3. The monoisotopic (exact) mass is 370 g/mol. The van der Waals surface area contributed by atoms with Crippen molar-refractivity contribution in [3.05, 3.63) is 41.9 Å². The van der Waals surface area contributed by atoms with Crippen LogP contribution in [0.25, 0.3) is 5.52 Å². The van der Waals surface area contributed by atoms with E-state index in [0.29, 0.717) is 29.2 Å². The molecule has 0 aliphatic rings. The van der Waals surface area contributed by atoms with Crippen molar-refractivity contribution >= 4 is 23.2 Å². The normalized spacial score (nSPS) is 10.8. The number of ether oxygens (including phenoxy) is 2. The Morgan fingerprint density at radius 1 is 1.33 bits per heavy atom. The maximum Gasteiger partial charge on any atom is 0.513 e. The molecule has 0 aliphatic heterocycles. The van der Waals surface area contributed by atoms with Gasteiger partial charge in [-0.05, 0) is 31.9 Å². The number of fused-ring (bicyclic) bond motifs is 1. The quantitative estimate of drug-likeness (QED) is 0.633. The summed E-state index contributed by atoms with van der Waals surface area (Å²) in [4.78, 5) is 16.1. The zero-order valence-electron chi connectivity index (χ0n) is 15.5. The van der Waals surface area contributed by atoms with Gasteiger partial charge >= 0.3 is 6.16 Å². The Labute approximate surface area is 156 Å². The number of hydrogen-bond donors (Lipinski definition) is 2. The molecular weight excluding hydrogens is 348 g/mol. The summed E-state index contributed by atoms with van der Waals surface area (Å²) in [5.74, 6) is 1.14. The maximum absolute atomic E-state index is 11.8. The Morgan fingerprint density at radius 3 is 2.85 bits per heavy atom. The van der Waals surface area contributed by atoms with Crippen LogP contribution in [-0.4, -0.2) is 32.5 Å². The Balaban J connectivity index is 2.03. The number of nitrogens with one attached hydrogen (secondary N) is 1.